The van der Waals surface area contributed by atoms with Crippen LogP contribution in [0.3, 0.4) is 0 Å². The number of H-pyrrole nitrogens is 1. The number of ketones is 1. The van der Waals surface area contributed by atoms with Crippen molar-refractivity contribution in [3.05, 3.63) is 36.0 Å². The molecule has 2 aromatic heterocycles. The van der Waals surface area contributed by atoms with Crippen molar-refractivity contribution in [1.82, 2.24) is 14.8 Å². The fourth-order valence-electron chi connectivity index (χ4n) is 5.09. The number of likely N-dealkylation sites (tertiary alicyclic amines) is 2. The van der Waals surface area contributed by atoms with E-state index in [4.69, 9.17) is 4.42 Å². The summed E-state index contributed by atoms with van der Waals surface area (Å²) in [4.78, 5) is 21.1. The van der Waals surface area contributed by atoms with E-state index in [2.05, 4.69) is 14.8 Å². The summed E-state index contributed by atoms with van der Waals surface area (Å²) in [6.07, 6.45) is 8.25. The summed E-state index contributed by atoms with van der Waals surface area (Å²) < 4.78 is 19.6. The first-order chi connectivity index (χ1) is 14.7. The molecular formula is C24H30FN3O2. The first-order valence-electron chi connectivity index (χ1n) is 11.3. The van der Waals surface area contributed by atoms with Gasteiger partial charge in [-0.15, -0.1) is 0 Å². The van der Waals surface area contributed by atoms with E-state index in [1.165, 1.54) is 51.2 Å². The van der Waals surface area contributed by atoms with Crippen LogP contribution in [0.1, 0.15) is 49.0 Å². The van der Waals surface area contributed by atoms with Crippen molar-refractivity contribution >= 4 is 27.7 Å². The van der Waals surface area contributed by atoms with Gasteiger partial charge in [-0.25, -0.2) is 4.39 Å². The number of furan rings is 1. The zero-order chi connectivity index (χ0) is 20.5. The lowest BCUT2D eigenvalue weighted by Gasteiger charge is -2.34. The molecule has 0 aliphatic carbocycles. The van der Waals surface area contributed by atoms with Gasteiger partial charge in [-0.3, -0.25) is 4.79 Å². The summed E-state index contributed by atoms with van der Waals surface area (Å²) in [5.74, 6) is 0.206. The molecule has 5 nitrogen and oxygen atoms in total. The van der Waals surface area contributed by atoms with Gasteiger partial charge in [0, 0.05) is 24.9 Å². The topological polar surface area (TPSA) is 52.5 Å². The highest BCUT2D eigenvalue weighted by atomic mass is 19.1. The normalized spacial score (nSPS) is 19.8. The number of aromatic amines is 1. The highest BCUT2D eigenvalue weighted by molar-refractivity contribution is 6.08. The van der Waals surface area contributed by atoms with E-state index in [-0.39, 0.29) is 11.6 Å². The van der Waals surface area contributed by atoms with Gasteiger partial charge in [0.25, 0.3) is 0 Å². The summed E-state index contributed by atoms with van der Waals surface area (Å²) in [5, 5.41) is 1.23. The Morgan fingerprint density at radius 3 is 2.53 bits per heavy atom. The number of halogens is 1. The number of hydrogen-bond donors (Lipinski definition) is 1. The predicted octanol–water partition coefficient (Wildman–Crippen LogP) is 4.82. The van der Waals surface area contributed by atoms with E-state index >= 15 is 0 Å². The second-order valence-corrected chi connectivity index (χ2v) is 8.98. The van der Waals surface area contributed by atoms with Crippen molar-refractivity contribution in [1.29, 1.82) is 0 Å². The average Bonchev–Trinajstić information content (AvgIpc) is 3.41. The number of hydrogen-bond acceptors (Lipinski definition) is 4. The Kier molecular flexibility index (Phi) is 5.61. The van der Waals surface area contributed by atoms with E-state index in [0.717, 1.165) is 37.9 Å². The molecule has 0 bridgehead atoms. The Morgan fingerprint density at radius 1 is 1.03 bits per heavy atom. The minimum absolute atomic E-state index is 0.109. The van der Waals surface area contributed by atoms with Crippen molar-refractivity contribution in [3.8, 4) is 0 Å². The van der Waals surface area contributed by atoms with Crippen molar-refractivity contribution in [2.24, 2.45) is 5.92 Å². The number of nitrogens with one attached hydrogen (secondary N) is 1. The van der Waals surface area contributed by atoms with Gasteiger partial charge in [0.15, 0.2) is 5.78 Å². The SMILES string of the molecule is O=C(CC1CCN(CCN2CCCCC2)CC1)c1cc2c(cc(F)c3ccoc32)[nH]1. The summed E-state index contributed by atoms with van der Waals surface area (Å²) >= 11 is 0. The van der Waals surface area contributed by atoms with Crippen LogP contribution in [0.4, 0.5) is 4.39 Å². The molecule has 0 spiro atoms. The van der Waals surface area contributed by atoms with Crippen molar-refractivity contribution in [2.75, 3.05) is 39.3 Å². The number of benzene rings is 1. The molecule has 3 aromatic rings. The highest BCUT2D eigenvalue weighted by Crippen LogP contribution is 2.30. The van der Waals surface area contributed by atoms with Gasteiger partial charge in [0.1, 0.15) is 11.4 Å². The standard InChI is InChI=1S/C24H30FN3O2/c25-20-16-21-19(24-18(20)6-13-30-24)15-22(26-21)23(29)14-17-4-9-28(10-5-17)12-11-27-7-2-1-3-8-27/h6,13,15-17,26H,1-5,7-12,14H2. The van der Waals surface area contributed by atoms with Crippen LogP contribution in [0, 0.1) is 11.7 Å². The molecule has 0 amide bonds. The summed E-state index contributed by atoms with van der Waals surface area (Å²) in [6, 6.07) is 4.89. The largest absolute Gasteiger partial charge is 0.464 e. The number of aromatic nitrogens is 1. The number of piperidine rings is 2. The van der Waals surface area contributed by atoms with Crippen LogP contribution in [-0.2, 0) is 0 Å². The number of carbonyl (C=O) groups is 1. The minimum Gasteiger partial charge on any atom is -0.464 e. The van der Waals surface area contributed by atoms with Gasteiger partial charge < -0.3 is 19.2 Å². The number of carbonyl (C=O) groups excluding carboxylic acids is 1. The van der Waals surface area contributed by atoms with E-state index in [9.17, 15) is 9.18 Å². The van der Waals surface area contributed by atoms with Crippen molar-refractivity contribution < 1.29 is 13.6 Å². The number of fused-ring (bicyclic) bond motifs is 3. The van der Waals surface area contributed by atoms with Crippen molar-refractivity contribution in [3.63, 3.8) is 0 Å². The van der Waals surface area contributed by atoms with Gasteiger partial charge in [0.2, 0.25) is 0 Å². The van der Waals surface area contributed by atoms with E-state index in [0.29, 0.717) is 34.5 Å². The van der Waals surface area contributed by atoms with Gasteiger partial charge >= 0.3 is 0 Å². The first-order valence-corrected chi connectivity index (χ1v) is 11.3. The Hall–Kier alpha value is -2.18. The third-order valence-corrected chi connectivity index (χ3v) is 6.95. The third-order valence-electron chi connectivity index (χ3n) is 6.95. The lowest BCUT2D eigenvalue weighted by molar-refractivity contribution is 0.0915. The van der Waals surface area contributed by atoms with E-state index in [1.54, 1.807) is 6.07 Å². The Bertz CT molecular complexity index is 1030. The molecule has 0 atom stereocenters. The Balaban J connectivity index is 1.16. The lowest BCUT2D eigenvalue weighted by Crippen LogP contribution is -2.41. The molecule has 2 aliphatic heterocycles. The van der Waals surface area contributed by atoms with Gasteiger partial charge in [0.05, 0.1) is 22.9 Å². The molecule has 0 unspecified atom stereocenters. The maximum atomic E-state index is 14.2. The van der Waals surface area contributed by atoms with E-state index < -0.39 is 0 Å². The molecule has 1 aromatic carbocycles. The first kappa shape index (κ1) is 19.8. The quantitative estimate of drug-likeness (QED) is 0.591. The molecule has 2 aliphatic rings. The average molecular weight is 412 g/mol. The molecule has 2 saturated heterocycles. The highest BCUT2D eigenvalue weighted by Gasteiger charge is 2.24. The smallest absolute Gasteiger partial charge is 0.179 e. The molecule has 5 rings (SSSR count). The number of rotatable bonds is 6. The Labute approximate surface area is 176 Å². The Morgan fingerprint density at radius 2 is 1.77 bits per heavy atom. The molecule has 0 radical (unpaired) electrons. The number of Topliss-reactive ketones (excluding diaryl/α,β-unsaturated/α-hetero) is 1. The van der Waals surface area contributed by atoms with Crippen LogP contribution in [-0.4, -0.2) is 59.8 Å². The van der Waals surface area contributed by atoms with Crippen molar-refractivity contribution in [2.45, 2.75) is 38.5 Å². The second-order valence-electron chi connectivity index (χ2n) is 8.98. The van der Waals surface area contributed by atoms with Gasteiger partial charge in [-0.05, 0) is 76.0 Å². The molecule has 6 heteroatoms. The fraction of sp³-hybridized carbons (Fsp3) is 0.542. The van der Waals surface area contributed by atoms with Crippen LogP contribution in [0.25, 0.3) is 21.9 Å². The summed E-state index contributed by atoms with van der Waals surface area (Å²) in [5.41, 5.74) is 1.67. The molecule has 4 heterocycles. The maximum Gasteiger partial charge on any atom is 0.179 e. The zero-order valence-corrected chi connectivity index (χ0v) is 17.5. The van der Waals surface area contributed by atoms with Crippen LogP contribution in [0.2, 0.25) is 0 Å². The van der Waals surface area contributed by atoms with Crippen LogP contribution >= 0.6 is 0 Å². The minimum atomic E-state index is -0.330. The second kappa shape index (κ2) is 8.52. The fourth-order valence-corrected chi connectivity index (χ4v) is 5.09. The van der Waals surface area contributed by atoms with E-state index in [1.807, 2.05) is 6.07 Å². The van der Waals surface area contributed by atoms with Gasteiger partial charge in [-0.2, -0.15) is 0 Å². The molecule has 2 fully saturated rings. The van der Waals surface area contributed by atoms with Crippen LogP contribution in [0.5, 0.6) is 0 Å². The molecule has 1 N–H and O–H groups in total. The molecule has 30 heavy (non-hydrogen) atoms. The molecular weight excluding hydrogens is 381 g/mol. The third kappa shape index (κ3) is 4.03. The van der Waals surface area contributed by atoms with Crippen LogP contribution in [0.15, 0.2) is 28.9 Å². The van der Waals surface area contributed by atoms with Gasteiger partial charge in [-0.1, -0.05) is 6.42 Å². The maximum absolute atomic E-state index is 14.2. The number of nitrogens with zero attached hydrogens (tertiary/aromatic N) is 2. The zero-order valence-electron chi connectivity index (χ0n) is 17.5. The lowest BCUT2D eigenvalue weighted by atomic mass is 9.91. The molecule has 0 saturated carbocycles. The summed E-state index contributed by atoms with van der Waals surface area (Å²) in [6.45, 7) is 6.99. The summed E-state index contributed by atoms with van der Waals surface area (Å²) in [7, 11) is 0. The monoisotopic (exact) mass is 411 g/mol. The predicted molar refractivity (Wildman–Crippen MR) is 116 cm³/mol. The molecule has 160 valence electrons. The van der Waals surface area contributed by atoms with Crippen LogP contribution < -0.4 is 0 Å².